The van der Waals surface area contributed by atoms with Gasteiger partial charge in [-0.1, -0.05) is 43.1 Å². The highest BCUT2D eigenvalue weighted by molar-refractivity contribution is 6.31. The average Bonchev–Trinajstić information content (AvgIpc) is 2.00. The molecule has 0 N–H and O–H groups in total. The van der Waals surface area contributed by atoms with Crippen LogP contribution in [0.3, 0.4) is 0 Å². The van der Waals surface area contributed by atoms with Crippen LogP contribution in [-0.4, -0.2) is 6.21 Å². The summed E-state index contributed by atoms with van der Waals surface area (Å²) >= 11 is 10.8. The Morgan fingerprint density at radius 3 is 2.58 bits per heavy atom. The van der Waals surface area contributed by atoms with E-state index < -0.39 is 5.83 Å². The summed E-state index contributed by atoms with van der Waals surface area (Å²) in [7, 11) is 0. The van der Waals surface area contributed by atoms with Crippen molar-refractivity contribution >= 4 is 29.4 Å². The lowest BCUT2D eigenvalue weighted by atomic mass is 10.3. The second-order valence-corrected chi connectivity index (χ2v) is 3.03. The van der Waals surface area contributed by atoms with Crippen molar-refractivity contribution in [3.8, 4) is 0 Å². The molecule has 0 aliphatic rings. The molecule has 0 amide bonds. The first-order chi connectivity index (χ1) is 5.57. The number of nitrogens with zero attached hydrogens (tertiary/aromatic N) is 1. The van der Waals surface area contributed by atoms with Crippen LogP contribution in [0.25, 0.3) is 0 Å². The predicted octanol–water partition coefficient (Wildman–Crippen LogP) is 3.99. The molecule has 4 heteroatoms. The largest absolute Gasteiger partial charge is 0.242 e. The molecule has 0 aromatic heterocycles. The van der Waals surface area contributed by atoms with Gasteiger partial charge in [-0.25, -0.2) is 9.38 Å². The minimum atomic E-state index is -0.555. The summed E-state index contributed by atoms with van der Waals surface area (Å²) in [6.45, 7) is 5.18. The molecule has 0 rings (SSSR count). The Hall–Kier alpha value is -0.340. The second-order valence-electron chi connectivity index (χ2n) is 2.14. The molecule has 0 spiro atoms. The highest BCUT2D eigenvalue weighted by Crippen LogP contribution is 2.15. The fourth-order valence-corrected chi connectivity index (χ4v) is 0.822. The Labute approximate surface area is 81.6 Å². The number of aliphatic imine (C=N–C) groups is 1. The van der Waals surface area contributed by atoms with Gasteiger partial charge in [-0.15, -0.1) is 0 Å². The summed E-state index contributed by atoms with van der Waals surface area (Å²) in [5, 5.41) is 0.199. The van der Waals surface area contributed by atoms with E-state index in [1.807, 2.05) is 6.92 Å². The zero-order chi connectivity index (χ0) is 9.56. The Morgan fingerprint density at radius 1 is 1.58 bits per heavy atom. The van der Waals surface area contributed by atoms with E-state index in [0.29, 0.717) is 6.42 Å². The van der Waals surface area contributed by atoms with E-state index in [1.54, 1.807) is 0 Å². The van der Waals surface area contributed by atoms with Gasteiger partial charge >= 0.3 is 0 Å². The fraction of sp³-hybridized carbons (Fsp3) is 0.375. The first kappa shape index (κ1) is 11.7. The number of halogens is 3. The molecule has 0 radical (unpaired) electrons. The molecule has 0 fully saturated rings. The standard InChI is InChI=1S/C8H10Cl2FN/c1-3-4-7(10)8(11)5-12-6(2)9/h5H,2-4H2,1H3/b8-7-,12-5?. The third kappa shape index (κ3) is 5.33. The molecule has 0 aliphatic heterocycles. The minimum Gasteiger partial charge on any atom is -0.242 e. The van der Waals surface area contributed by atoms with Gasteiger partial charge in [0.15, 0.2) is 5.83 Å². The summed E-state index contributed by atoms with van der Waals surface area (Å²) in [6.07, 6.45) is 2.27. The molecule has 0 saturated heterocycles. The summed E-state index contributed by atoms with van der Waals surface area (Å²) < 4.78 is 12.8. The van der Waals surface area contributed by atoms with E-state index in [1.165, 1.54) is 0 Å². The van der Waals surface area contributed by atoms with Crippen LogP contribution in [0, 0.1) is 0 Å². The SMILES string of the molecule is C=C(Cl)N=C/C(F)=C(/Cl)CCC. The smallest absolute Gasteiger partial charge is 0.155 e. The second kappa shape index (κ2) is 6.21. The molecule has 1 nitrogen and oxygen atoms in total. The summed E-state index contributed by atoms with van der Waals surface area (Å²) in [6, 6.07) is 0. The molecule has 0 unspecified atom stereocenters. The Morgan fingerprint density at radius 2 is 2.17 bits per heavy atom. The van der Waals surface area contributed by atoms with Crippen LogP contribution in [0.15, 0.2) is 27.6 Å². The van der Waals surface area contributed by atoms with Crippen LogP contribution in [-0.2, 0) is 0 Å². The van der Waals surface area contributed by atoms with Crippen LogP contribution in [0.2, 0.25) is 0 Å². The van der Waals surface area contributed by atoms with Crippen molar-refractivity contribution in [3.63, 3.8) is 0 Å². The number of allylic oxidation sites excluding steroid dienone is 2. The molecular formula is C8H10Cl2FN. The number of hydrogen-bond donors (Lipinski definition) is 0. The lowest BCUT2D eigenvalue weighted by Gasteiger charge is -1.94. The van der Waals surface area contributed by atoms with Gasteiger partial charge in [-0.05, 0) is 6.42 Å². The maximum Gasteiger partial charge on any atom is 0.155 e. The first-order valence-corrected chi connectivity index (χ1v) is 4.26. The average molecular weight is 210 g/mol. The molecule has 0 aromatic rings. The van der Waals surface area contributed by atoms with Crippen molar-refractivity contribution in [2.45, 2.75) is 19.8 Å². The quantitative estimate of drug-likeness (QED) is 0.491. The summed E-state index contributed by atoms with van der Waals surface area (Å²) in [5.41, 5.74) is 0. The van der Waals surface area contributed by atoms with E-state index in [0.717, 1.165) is 12.6 Å². The molecule has 68 valence electrons. The van der Waals surface area contributed by atoms with Crippen molar-refractivity contribution < 1.29 is 4.39 Å². The van der Waals surface area contributed by atoms with Gasteiger partial charge in [0.1, 0.15) is 5.16 Å². The zero-order valence-corrected chi connectivity index (χ0v) is 8.29. The van der Waals surface area contributed by atoms with Gasteiger partial charge in [0.2, 0.25) is 0 Å². The normalized spacial score (nSPS) is 13.3. The van der Waals surface area contributed by atoms with Gasteiger partial charge in [0.05, 0.1) is 11.2 Å². The Bertz CT molecular complexity index is 221. The summed E-state index contributed by atoms with van der Waals surface area (Å²) in [5.74, 6) is -0.555. The maximum atomic E-state index is 12.8. The zero-order valence-electron chi connectivity index (χ0n) is 6.78. The van der Waals surface area contributed by atoms with E-state index >= 15 is 0 Å². The van der Waals surface area contributed by atoms with Gasteiger partial charge in [0, 0.05) is 0 Å². The molecule has 0 saturated carbocycles. The molecule has 12 heavy (non-hydrogen) atoms. The van der Waals surface area contributed by atoms with E-state index in [2.05, 4.69) is 11.6 Å². The minimum absolute atomic E-state index is 0.0334. The van der Waals surface area contributed by atoms with Crippen LogP contribution in [0.5, 0.6) is 0 Å². The molecule has 0 bridgehead atoms. The van der Waals surface area contributed by atoms with Crippen LogP contribution in [0.1, 0.15) is 19.8 Å². The molecule has 0 heterocycles. The third-order valence-corrected chi connectivity index (χ3v) is 1.51. The van der Waals surface area contributed by atoms with Crippen molar-refractivity contribution in [1.82, 2.24) is 0 Å². The van der Waals surface area contributed by atoms with Crippen LogP contribution in [0.4, 0.5) is 4.39 Å². The lowest BCUT2D eigenvalue weighted by Crippen LogP contribution is -1.81. The van der Waals surface area contributed by atoms with Gasteiger partial charge in [0.25, 0.3) is 0 Å². The number of rotatable bonds is 4. The van der Waals surface area contributed by atoms with E-state index in [4.69, 9.17) is 23.2 Å². The van der Waals surface area contributed by atoms with Gasteiger partial charge < -0.3 is 0 Å². The van der Waals surface area contributed by atoms with Crippen molar-refractivity contribution in [2.75, 3.05) is 0 Å². The number of hydrogen-bond acceptors (Lipinski definition) is 1. The topological polar surface area (TPSA) is 12.4 Å². The highest BCUT2D eigenvalue weighted by Gasteiger charge is 1.99. The van der Waals surface area contributed by atoms with Crippen molar-refractivity contribution in [3.05, 3.63) is 22.6 Å². The Balaban J connectivity index is 4.25. The third-order valence-electron chi connectivity index (χ3n) is 1.05. The van der Waals surface area contributed by atoms with Crippen LogP contribution >= 0.6 is 23.2 Å². The van der Waals surface area contributed by atoms with Crippen molar-refractivity contribution in [2.24, 2.45) is 4.99 Å². The van der Waals surface area contributed by atoms with E-state index in [-0.39, 0.29) is 10.2 Å². The first-order valence-electron chi connectivity index (χ1n) is 3.50. The molecule has 0 aromatic carbocycles. The lowest BCUT2D eigenvalue weighted by molar-refractivity contribution is 0.672. The molecule has 0 atom stereocenters. The fourth-order valence-electron chi connectivity index (χ4n) is 0.536. The maximum absolute atomic E-state index is 12.8. The molecule has 0 aliphatic carbocycles. The van der Waals surface area contributed by atoms with Gasteiger partial charge in [-0.3, -0.25) is 0 Å². The summed E-state index contributed by atoms with van der Waals surface area (Å²) in [4.78, 5) is 3.46. The van der Waals surface area contributed by atoms with Gasteiger partial charge in [-0.2, -0.15) is 0 Å². The van der Waals surface area contributed by atoms with Crippen LogP contribution < -0.4 is 0 Å². The van der Waals surface area contributed by atoms with E-state index in [9.17, 15) is 4.39 Å². The Kier molecular flexibility index (Phi) is 6.03. The van der Waals surface area contributed by atoms with Crippen molar-refractivity contribution in [1.29, 1.82) is 0 Å². The molecular weight excluding hydrogens is 200 g/mol. The highest BCUT2D eigenvalue weighted by atomic mass is 35.5. The predicted molar refractivity (Wildman–Crippen MR) is 52.4 cm³/mol. The monoisotopic (exact) mass is 209 g/mol.